The molecule has 3 fully saturated rings. The number of fused-ring (bicyclic) bond motifs is 1. The van der Waals surface area contributed by atoms with Crippen molar-refractivity contribution in [2.75, 3.05) is 31.1 Å². The zero-order chi connectivity index (χ0) is 27.9. The molecular formula is C31H35ClFN5O3. The van der Waals surface area contributed by atoms with Gasteiger partial charge in [0, 0.05) is 38.0 Å². The summed E-state index contributed by atoms with van der Waals surface area (Å²) in [6.07, 6.45) is 10.8. The summed E-state index contributed by atoms with van der Waals surface area (Å²) in [5.41, 5.74) is 1.36. The summed E-state index contributed by atoms with van der Waals surface area (Å²) in [4.78, 5) is 30.2. The maximum atomic E-state index is 14.9. The van der Waals surface area contributed by atoms with E-state index < -0.39 is 5.82 Å². The maximum Gasteiger partial charge on any atom is 0.227 e. The summed E-state index contributed by atoms with van der Waals surface area (Å²) in [7, 11) is 0. The Morgan fingerprint density at radius 2 is 1.93 bits per heavy atom. The number of nitrogens with zero attached hydrogens (tertiary/aromatic N) is 5. The molecule has 2 atom stereocenters. The number of benzene rings is 1. The Hall–Kier alpha value is -3.20. The van der Waals surface area contributed by atoms with Crippen LogP contribution in [-0.4, -0.2) is 52.0 Å². The molecule has 1 unspecified atom stereocenters. The van der Waals surface area contributed by atoms with Crippen LogP contribution in [0.3, 0.4) is 0 Å². The number of aromatic nitrogens is 3. The van der Waals surface area contributed by atoms with E-state index in [1.54, 1.807) is 29.4 Å². The average Bonchev–Trinajstić information content (AvgIpc) is 3.92. The van der Waals surface area contributed by atoms with E-state index in [2.05, 4.69) is 19.9 Å². The smallest absolute Gasteiger partial charge is 0.227 e. The van der Waals surface area contributed by atoms with Crippen LogP contribution in [0.5, 0.6) is 5.75 Å². The van der Waals surface area contributed by atoms with Gasteiger partial charge in [0.2, 0.25) is 11.9 Å². The van der Waals surface area contributed by atoms with Crippen molar-refractivity contribution in [1.82, 2.24) is 19.9 Å². The number of hydrogen-bond donors (Lipinski definition) is 0. The highest BCUT2D eigenvalue weighted by molar-refractivity contribution is 6.30. The van der Waals surface area contributed by atoms with Crippen molar-refractivity contribution in [2.45, 2.75) is 63.8 Å². The minimum atomic E-state index is -0.398. The highest BCUT2D eigenvalue weighted by Gasteiger charge is 2.43. The Kier molecular flexibility index (Phi) is 7.31. The summed E-state index contributed by atoms with van der Waals surface area (Å²) in [6.45, 7) is 3.52. The minimum Gasteiger partial charge on any atom is -0.493 e. The zero-order valence-corrected chi connectivity index (χ0v) is 23.9. The van der Waals surface area contributed by atoms with E-state index in [0.717, 1.165) is 80.3 Å². The lowest BCUT2D eigenvalue weighted by atomic mass is 9.90. The quantitative estimate of drug-likeness (QED) is 0.327. The van der Waals surface area contributed by atoms with Crippen molar-refractivity contribution in [2.24, 2.45) is 17.8 Å². The summed E-state index contributed by atoms with van der Waals surface area (Å²) < 4.78 is 26.7. The second-order valence-corrected chi connectivity index (χ2v) is 12.5. The van der Waals surface area contributed by atoms with Crippen LogP contribution in [0.1, 0.15) is 67.4 Å². The lowest BCUT2D eigenvalue weighted by Gasteiger charge is -2.32. The van der Waals surface area contributed by atoms with E-state index in [0.29, 0.717) is 54.3 Å². The van der Waals surface area contributed by atoms with Crippen molar-refractivity contribution in [3.63, 3.8) is 0 Å². The van der Waals surface area contributed by atoms with Gasteiger partial charge in [0.25, 0.3) is 0 Å². The van der Waals surface area contributed by atoms with Gasteiger partial charge in [0.05, 0.1) is 42.7 Å². The molecule has 41 heavy (non-hydrogen) atoms. The van der Waals surface area contributed by atoms with Crippen molar-refractivity contribution in [3.8, 4) is 5.75 Å². The largest absolute Gasteiger partial charge is 0.493 e. The van der Waals surface area contributed by atoms with Crippen LogP contribution in [-0.2, 0) is 24.2 Å². The second-order valence-electron chi connectivity index (χ2n) is 12.0. The number of anilines is 1. The summed E-state index contributed by atoms with van der Waals surface area (Å²) in [5, 5.41) is 0.558. The van der Waals surface area contributed by atoms with Gasteiger partial charge >= 0.3 is 0 Å². The van der Waals surface area contributed by atoms with E-state index in [1.165, 1.54) is 12.5 Å². The number of oxazole rings is 1. The molecule has 1 saturated heterocycles. The molecule has 8 nitrogen and oxygen atoms in total. The first kappa shape index (κ1) is 26.7. The predicted octanol–water partition coefficient (Wildman–Crippen LogP) is 5.58. The van der Waals surface area contributed by atoms with Crippen molar-refractivity contribution in [1.29, 1.82) is 0 Å². The summed E-state index contributed by atoms with van der Waals surface area (Å²) >= 11 is 5.91. The second kappa shape index (κ2) is 11.2. The standard InChI is InChI=1S/C31H35ClFN5O3/c32-23-16-34-31(35-17-23)37-9-5-19(6-10-37)25-13-21(25)8-12-40-24-4-3-22(26(33)15-24)14-29(39)38-11-7-27-28(18-38)41-30(36-27)20-1-2-20/h3-4,15-17,19-21,25H,1-2,5-14,18H2/t21-,25?/m1/s1. The number of rotatable bonds is 9. The highest BCUT2D eigenvalue weighted by atomic mass is 35.5. The Balaban J connectivity index is 0.840. The fourth-order valence-corrected chi connectivity index (χ4v) is 6.57. The number of amides is 1. The minimum absolute atomic E-state index is 0.0256. The maximum absolute atomic E-state index is 14.9. The number of ether oxygens (including phenoxy) is 1. The summed E-state index contributed by atoms with van der Waals surface area (Å²) in [5.74, 6) is 4.98. The van der Waals surface area contributed by atoms with Crippen molar-refractivity contribution < 1.29 is 18.3 Å². The molecule has 0 N–H and O–H groups in total. The topological polar surface area (TPSA) is 84.6 Å². The Morgan fingerprint density at radius 1 is 1.12 bits per heavy atom. The summed E-state index contributed by atoms with van der Waals surface area (Å²) in [6, 6.07) is 4.86. The number of hydrogen-bond acceptors (Lipinski definition) is 7. The van der Waals surface area contributed by atoms with Crippen molar-refractivity contribution >= 4 is 23.5 Å². The molecule has 4 aliphatic rings. The molecule has 0 radical (unpaired) electrons. The first-order valence-electron chi connectivity index (χ1n) is 14.9. The first-order chi connectivity index (χ1) is 20.0. The lowest BCUT2D eigenvalue weighted by molar-refractivity contribution is -0.131. The van der Waals surface area contributed by atoms with Crippen LogP contribution in [0.2, 0.25) is 5.02 Å². The van der Waals surface area contributed by atoms with Crippen LogP contribution in [0, 0.1) is 23.6 Å². The van der Waals surface area contributed by atoms with Gasteiger partial charge in [-0.15, -0.1) is 0 Å². The normalized spacial score (nSPS) is 22.5. The molecule has 7 rings (SSSR count). The Morgan fingerprint density at radius 3 is 2.68 bits per heavy atom. The van der Waals surface area contributed by atoms with E-state index >= 15 is 0 Å². The molecule has 2 aromatic heterocycles. The molecule has 0 bridgehead atoms. The molecule has 10 heteroatoms. The molecule has 0 spiro atoms. The van der Waals surface area contributed by atoms with E-state index in [-0.39, 0.29) is 12.3 Å². The van der Waals surface area contributed by atoms with E-state index in [4.69, 9.17) is 20.8 Å². The van der Waals surface area contributed by atoms with Gasteiger partial charge in [-0.1, -0.05) is 17.7 Å². The molecule has 4 heterocycles. The van der Waals surface area contributed by atoms with Gasteiger partial charge in [-0.25, -0.2) is 19.3 Å². The number of piperidine rings is 1. The molecule has 2 aliphatic heterocycles. The van der Waals surface area contributed by atoms with Gasteiger partial charge in [0.1, 0.15) is 17.3 Å². The molecule has 1 amide bonds. The number of carbonyl (C=O) groups is 1. The molecule has 2 aliphatic carbocycles. The van der Waals surface area contributed by atoms with E-state index in [1.807, 2.05) is 0 Å². The average molecular weight is 580 g/mol. The van der Waals surface area contributed by atoms with Crippen LogP contribution >= 0.6 is 11.6 Å². The molecule has 216 valence electrons. The Bertz CT molecular complexity index is 1400. The van der Waals surface area contributed by atoms with Crippen molar-refractivity contribution in [3.05, 3.63) is 64.3 Å². The van der Waals surface area contributed by atoms with Crippen LogP contribution < -0.4 is 9.64 Å². The van der Waals surface area contributed by atoms with Gasteiger partial charge in [-0.2, -0.15) is 0 Å². The lowest BCUT2D eigenvalue weighted by Crippen LogP contribution is -2.36. The van der Waals surface area contributed by atoms with E-state index in [9.17, 15) is 9.18 Å². The van der Waals surface area contributed by atoms with Gasteiger partial charge in [-0.3, -0.25) is 4.79 Å². The first-order valence-corrected chi connectivity index (χ1v) is 15.3. The monoisotopic (exact) mass is 579 g/mol. The third kappa shape index (κ3) is 6.05. The van der Waals surface area contributed by atoms with Gasteiger partial charge in [0.15, 0.2) is 5.89 Å². The third-order valence-corrected chi connectivity index (χ3v) is 9.36. The van der Waals surface area contributed by atoms with Crippen LogP contribution in [0.4, 0.5) is 10.3 Å². The molecular weight excluding hydrogens is 545 g/mol. The number of halogens is 2. The van der Waals surface area contributed by atoms with Crippen LogP contribution in [0.25, 0.3) is 0 Å². The Labute approximate surface area is 244 Å². The molecule has 2 saturated carbocycles. The SMILES string of the molecule is O=C(Cc1ccc(OCC[C@@H]2CC2C2CCN(c3ncc(Cl)cn3)CC2)cc1F)N1CCc2nc(C3CC3)oc2C1. The fraction of sp³-hybridized carbons (Fsp3) is 0.548. The van der Waals surface area contributed by atoms with Gasteiger partial charge < -0.3 is 19.0 Å². The zero-order valence-electron chi connectivity index (χ0n) is 23.1. The molecule has 3 aromatic rings. The third-order valence-electron chi connectivity index (χ3n) is 9.16. The van der Waals surface area contributed by atoms with Gasteiger partial charge in [-0.05, 0) is 67.9 Å². The highest BCUT2D eigenvalue weighted by Crippen LogP contribution is 2.50. The fourth-order valence-electron chi connectivity index (χ4n) is 6.47. The molecule has 1 aromatic carbocycles. The predicted molar refractivity (Wildman–Crippen MR) is 151 cm³/mol. The number of carbonyl (C=O) groups excluding carboxylic acids is 1. The van der Waals surface area contributed by atoms with Crippen LogP contribution in [0.15, 0.2) is 35.0 Å².